The van der Waals surface area contributed by atoms with Gasteiger partial charge in [-0.3, -0.25) is 9.59 Å². The zero-order valence-corrected chi connectivity index (χ0v) is 15.2. The monoisotopic (exact) mass is 352 g/mol. The predicted octanol–water partition coefficient (Wildman–Crippen LogP) is 2.78. The van der Waals surface area contributed by atoms with Crippen molar-refractivity contribution >= 4 is 22.8 Å². The number of amides is 1. The summed E-state index contributed by atoms with van der Waals surface area (Å²) in [4.78, 5) is 31.8. The number of carbonyl (C=O) groups is 2. The molecule has 3 aliphatic heterocycles. The molecule has 3 fully saturated rings. The summed E-state index contributed by atoms with van der Waals surface area (Å²) in [5, 5.41) is 1.05. The summed E-state index contributed by atoms with van der Waals surface area (Å²) in [5.41, 5.74) is 2.14. The van der Waals surface area contributed by atoms with E-state index < -0.39 is 5.41 Å². The number of para-hydroxylation sites is 1. The molecule has 1 amide bonds. The van der Waals surface area contributed by atoms with Crippen LogP contribution in [0.4, 0.5) is 0 Å². The number of benzene rings is 1. The Hall–Kier alpha value is -2.30. The van der Waals surface area contributed by atoms with Crippen LogP contribution in [0.2, 0.25) is 0 Å². The van der Waals surface area contributed by atoms with Crippen LogP contribution >= 0.6 is 0 Å². The maximum Gasteiger partial charge on any atom is 0.319 e. The molecule has 4 atom stereocenters. The summed E-state index contributed by atoms with van der Waals surface area (Å²) in [7, 11) is 1.47. The van der Waals surface area contributed by atoms with Crippen LogP contribution in [-0.2, 0) is 26.2 Å². The molecule has 1 aliphatic carbocycles. The third-order valence-corrected chi connectivity index (χ3v) is 7.14. The fraction of sp³-hybridized carbons (Fsp3) is 0.524. The first-order valence-corrected chi connectivity index (χ1v) is 9.58. The predicted molar refractivity (Wildman–Crippen MR) is 97.7 cm³/mol. The van der Waals surface area contributed by atoms with E-state index in [1.807, 2.05) is 29.2 Å². The lowest BCUT2D eigenvalue weighted by atomic mass is 9.56. The second-order valence-corrected chi connectivity index (χ2v) is 8.09. The average Bonchev–Trinajstić information content (AvgIpc) is 3.02. The van der Waals surface area contributed by atoms with Gasteiger partial charge in [0.2, 0.25) is 5.91 Å². The summed E-state index contributed by atoms with van der Waals surface area (Å²) >= 11 is 0. The van der Waals surface area contributed by atoms with E-state index in [4.69, 9.17) is 4.74 Å². The first-order chi connectivity index (χ1) is 12.6. The topological polar surface area (TPSA) is 62.4 Å². The van der Waals surface area contributed by atoms with Crippen LogP contribution in [0.3, 0.4) is 0 Å². The quantitative estimate of drug-likeness (QED) is 0.846. The molecule has 2 saturated heterocycles. The maximum absolute atomic E-state index is 13.2. The summed E-state index contributed by atoms with van der Waals surface area (Å²) in [5.74, 6) is 0.874. The van der Waals surface area contributed by atoms with Crippen molar-refractivity contribution in [1.29, 1.82) is 0 Å². The summed E-state index contributed by atoms with van der Waals surface area (Å²) in [6, 6.07) is 7.93. The van der Waals surface area contributed by atoms with E-state index in [2.05, 4.69) is 11.9 Å². The van der Waals surface area contributed by atoms with Gasteiger partial charge in [-0.1, -0.05) is 31.5 Å². The maximum atomic E-state index is 13.2. The van der Waals surface area contributed by atoms with E-state index in [0.717, 1.165) is 48.0 Å². The number of hydrogen-bond acceptors (Lipinski definition) is 3. The fourth-order valence-corrected chi connectivity index (χ4v) is 5.95. The van der Waals surface area contributed by atoms with Crippen LogP contribution in [0.25, 0.3) is 10.9 Å². The average molecular weight is 352 g/mol. The van der Waals surface area contributed by atoms with E-state index in [1.54, 1.807) is 0 Å². The van der Waals surface area contributed by atoms with Crippen LogP contribution in [0.15, 0.2) is 24.3 Å². The van der Waals surface area contributed by atoms with Gasteiger partial charge in [0.25, 0.3) is 0 Å². The lowest BCUT2D eigenvalue weighted by molar-refractivity contribution is -0.165. The number of rotatable bonds is 2. The molecule has 1 aromatic carbocycles. The Morgan fingerprint density at radius 2 is 2.19 bits per heavy atom. The molecule has 4 bridgehead atoms. The highest BCUT2D eigenvalue weighted by Crippen LogP contribution is 2.55. The number of esters is 1. The standard InChI is InChI=1S/C21H24N2O3/c1-3-12-8-17-21(20(25)26-2)10-13(12)11-23(17)18(24)9-15-14-6-4-5-7-16(14)22-19(15)21/h4-7,12-13,17,22H,3,8-11H2,1-2H3/t12-,13-,17+,21+/m1/s1. The zero-order valence-electron chi connectivity index (χ0n) is 15.2. The highest BCUT2D eigenvalue weighted by molar-refractivity contribution is 5.96. The van der Waals surface area contributed by atoms with Crippen molar-refractivity contribution in [3.8, 4) is 0 Å². The highest BCUT2D eigenvalue weighted by atomic mass is 16.5. The van der Waals surface area contributed by atoms with Gasteiger partial charge in [-0.25, -0.2) is 0 Å². The fourth-order valence-electron chi connectivity index (χ4n) is 5.95. The first kappa shape index (κ1) is 15.9. The number of methoxy groups -OCH3 is 1. The van der Waals surface area contributed by atoms with Crippen LogP contribution in [0.1, 0.15) is 37.4 Å². The van der Waals surface area contributed by atoms with Gasteiger partial charge in [-0.15, -0.1) is 0 Å². The number of hydrogen-bond donors (Lipinski definition) is 1. The smallest absolute Gasteiger partial charge is 0.319 e. The van der Waals surface area contributed by atoms with E-state index in [0.29, 0.717) is 18.3 Å². The highest BCUT2D eigenvalue weighted by Gasteiger charge is 2.63. The summed E-state index contributed by atoms with van der Waals surface area (Å²) < 4.78 is 5.33. The molecule has 1 aromatic heterocycles. The second kappa shape index (κ2) is 5.35. The Kier molecular flexibility index (Phi) is 3.27. The van der Waals surface area contributed by atoms with Gasteiger partial charge >= 0.3 is 5.97 Å². The molecule has 136 valence electrons. The summed E-state index contributed by atoms with van der Waals surface area (Å²) in [6.07, 6.45) is 3.11. The molecule has 1 saturated carbocycles. The number of ether oxygens (including phenoxy) is 1. The molecule has 1 N–H and O–H groups in total. The molecular weight excluding hydrogens is 328 g/mol. The Morgan fingerprint density at radius 3 is 2.92 bits per heavy atom. The molecular formula is C21H24N2O3. The van der Waals surface area contributed by atoms with Gasteiger partial charge < -0.3 is 14.6 Å². The van der Waals surface area contributed by atoms with Crippen molar-refractivity contribution in [2.45, 2.75) is 44.1 Å². The van der Waals surface area contributed by atoms with E-state index in [1.165, 1.54) is 7.11 Å². The second-order valence-electron chi connectivity index (χ2n) is 8.09. The molecule has 5 nitrogen and oxygen atoms in total. The van der Waals surface area contributed by atoms with Gasteiger partial charge in [0.05, 0.1) is 19.6 Å². The van der Waals surface area contributed by atoms with Crippen molar-refractivity contribution < 1.29 is 14.3 Å². The van der Waals surface area contributed by atoms with Crippen LogP contribution in [-0.4, -0.2) is 41.5 Å². The SMILES string of the molecule is CC[C@@H]1C[C@@H]2N3C[C@H]1C[C@@]2(C(=O)OC)c1[nH]c2ccccc2c1CC3=O. The number of carbonyl (C=O) groups excluding carboxylic acids is 2. The van der Waals surface area contributed by atoms with Crippen molar-refractivity contribution in [2.75, 3.05) is 13.7 Å². The largest absolute Gasteiger partial charge is 0.468 e. The number of fused-ring (bicyclic) bond motifs is 4. The molecule has 6 rings (SSSR count). The molecule has 5 heteroatoms. The molecule has 0 unspecified atom stereocenters. The third-order valence-electron chi connectivity index (χ3n) is 7.14. The number of H-pyrrole nitrogens is 1. The van der Waals surface area contributed by atoms with E-state index in [9.17, 15) is 9.59 Å². The van der Waals surface area contributed by atoms with Gasteiger partial charge in [0, 0.05) is 23.1 Å². The van der Waals surface area contributed by atoms with Crippen molar-refractivity contribution in [1.82, 2.24) is 9.88 Å². The first-order valence-electron chi connectivity index (χ1n) is 9.58. The number of piperidine rings is 2. The number of nitrogens with one attached hydrogen (secondary N) is 1. The van der Waals surface area contributed by atoms with Gasteiger partial charge in [0.15, 0.2) is 0 Å². The zero-order chi connectivity index (χ0) is 18.1. The van der Waals surface area contributed by atoms with Crippen molar-refractivity contribution in [3.63, 3.8) is 0 Å². The van der Waals surface area contributed by atoms with Gasteiger partial charge in [-0.05, 0) is 36.3 Å². The number of nitrogens with zero attached hydrogens (tertiary/aromatic N) is 1. The van der Waals surface area contributed by atoms with Gasteiger partial charge in [-0.2, -0.15) is 0 Å². The molecule has 4 heterocycles. The lowest BCUT2D eigenvalue weighted by Crippen LogP contribution is -2.67. The van der Waals surface area contributed by atoms with Crippen molar-refractivity contribution in [2.24, 2.45) is 11.8 Å². The molecule has 0 spiro atoms. The van der Waals surface area contributed by atoms with Crippen molar-refractivity contribution in [3.05, 3.63) is 35.5 Å². The lowest BCUT2D eigenvalue weighted by Gasteiger charge is -2.57. The summed E-state index contributed by atoms with van der Waals surface area (Å²) in [6.45, 7) is 2.99. The van der Waals surface area contributed by atoms with E-state index >= 15 is 0 Å². The van der Waals surface area contributed by atoms with Crippen LogP contribution in [0, 0.1) is 11.8 Å². The van der Waals surface area contributed by atoms with Crippen LogP contribution < -0.4 is 0 Å². The van der Waals surface area contributed by atoms with E-state index in [-0.39, 0.29) is 17.9 Å². The Morgan fingerprint density at radius 1 is 1.38 bits per heavy atom. The minimum absolute atomic E-state index is 0.105. The Balaban J connectivity index is 1.80. The molecule has 4 aliphatic rings. The number of aromatic nitrogens is 1. The number of aromatic amines is 1. The third kappa shape index (κ3) is 1.81. The molecule has 0 radical (unpaired) electrons. The Labute approximate surface area is 152 Å². The Bertz CT molecular complexity index is 917. The molecule has 26 heavy (non-hydrogen) atoms. The minimum atomic E-state index is -0.760. The minimum Gasteiger partial charge on any atom is -0.468 e. The normalized spacial score (nSPS) is 32.5. The van der Waals surface area contributed by atoms with Crippen LogP contribution in [0.5, 0.6) is 0 Å². The molecule has 2 aromatic rings. The van der Waals surface area contributed by atoms with Gasteiger partial charge in [0.1, 0.15) is 5.41 Å².